The molecule has 0 amide bonds. The molecule has 2 aromatic carbocycles. The molecule has 0 aromatic heterocycles. The van der Waals surface area contributed by atoms with Crippen molar-refractivity contribution >= 4 is 0 Å². The van der Waals surface area contributed by atoms with Crippen LogP contribution in [0.4, 0.5) is 4.39 Å². The van der Waals surface area contributed by atoms with Gasteiger partial charge in [-0.05, 0) is 79.2 Å². The highest BCUT2D eigenvalue weighted by Gasteiger charge is 2.21. The second-order valence-corrected chi connectivity index (χ2v) is 7.32. The summed E-state index contributed by atoms with van der Waals surface area (Å²) in [4.78, 5) is 0. The third kappa shape index (κ3) is 4.82. The van der Waals surface area contributed by atoms with Gasteiger partial charge in [0.1, 0.15) is 0 Å². The Morgan fingerprint density at radius 1 is 0.923 bits per heavy atom. The zero-order chi connectivity index (χ0) is 18.2. The summed E-state index contributed by atoms with van der Waals surface area (Å²) in [6.45, 7) is 0. The Bertz CT molecular complexity index is 744. The molecule has 1 saturated carbocycles. The number of unbranched alkanes of at least 4 members (excludes halogenated alkanes) is 1. The predicted molar refractivity (Wildman–Crippen MR) is 105 cm³/mol. The van der Waals surface area contributed by atoms with Crippen LogP contribution in [0.2, 0.25) is 0 Å². The average molecular weight is 347 g/mol. The molecule has 1 aliphatic carbocycles. The van der Waals surface area contributed by atoms with E-state index in [-0.39, 0.29) is 0 Å². The molecule has 1 fully saturated rings. The maximum atomic E-state index is 12.0. The van der Waals surface area contributed by atoms with Gasteiger partial charge < -0.3 is 0 Å². The van der Waals surface area contributed by atoms with Crippen LogP contribution < -0.4 is 0 Å². The van der Waals surface area contributed by atoms with Crippen molar-refractivity contribution in [2.24, 2.45) is 5.92 Å². The summed E-state index contributed by atoms with van der Waals surface area (Å²) in [7, 11) is 0. The predicted octanol–water partition coefficient (Wildman–Crippen LogP) is 7.15. The normalized spacial score (nSPS) is 20.2. The molecule has 0 atom stereocenters. The molecule has 0 N–H and O–H groups in total. The first-order chi connectivity index (χ1) is 12.8. The smallest absolute Gasteiger partial charge is 0.0991 e. The van der Waals surface area contributed by atoms with Gasteiger partial charge in [0.25, 0.3) is 0 Å². The van der Waals surface area contributed by atoms with Gasteiger partial charge in [-0.3, -0.25) is 0 Å². The van der Waals surface area contributed by atoms with Crippen molar-refractivity contribution in [3.63, 3.8) is 0 Å². The summed E-state index contributed by atoms with van der Waals surface area (Å²) in [5, 5.41) is 8.90. The molecule has 3 rings (SSSR count). The van der Waals surface area contributed by atoms with Gasteiger partial charge in [0.15, 0.2) is 0 Å². The molecule has 2 heteroatoms. The average Bonchev–Trinajstić information content (AvgIpc) is 2.72. The van der Waals surface area contributed by atoms with Crippen LogP contribution in [0.5, 0.6) is 0 Å². The van der Waals surface area contributed by atoms with Crippen molar-refractivity contribution in [2.75, 3.05) is 0 Å². The largest absolute Gasteiger partial charge is 0.216 e. The third-order valence-electron chi connectivity index (χ3n) is 5.65. The van der Waals surface area contributed by atoms with Crippen LogP contribution in [0.3, 0.4) is 0 Å². The van der Waals surface area contributed by atoms with E-state index < -0.39 is 0 Å². The molecule has 0 unspecified atom stereocenters. The molecule has 2 aromatic rings. The van der Waals surface area contributed by atoms with Crippen LogP contribution in [-0.2, 0) is 0 Å². The molecular weight excluding hydrogens is 321 g/mol. The van der Waals surface area contributed by atoms with Gasteiger partial charge >= 0.3 is 0 Å². The number of nitrogens with zero attached hydrogens (tertiary/aromatic N) is 1. The fourth-order valence-electron chi connectivity index (χ4n) is 4.06. The molecule has 1 aliphatic rings. The van der Waals surface area contributed by atoms with E-state index in [0.717, 1.165) is 24.3 Å². The van der Waals surface area contributed by atoms with Crippen molar-refractivity contribution in [2.45, 2.75) is 50.9 Å². The second kappa shape index (κ2) is 9.34. The first-order valence-electron chi connectivity index (χ1n) is 9.66. The van der Waals surface area contributed by atoms with E-state index in [4.69, 9.17) is 5.26 Å². The Labute approximate surface area is 156 Å². The monoisotopic (exact) mass is 347 g/mol. The number of hydrogen-bond acceptors (Lipinski definition) is 1. The lowest BCUT2D eigenvalue weighted by Crippen LogP contribution is -2.13. The number of allylic oxidation sites excluding steroid dienone is 1. The molecule has 1 nitrogen and oxygen atoms in total. The summed E-state index contributed by atoms with van der Waals surface area (Å²) >= 11 is 0. The molecule has 0 heterocycles. The lowest BCUT2D eigenvalue weighted by molar-refractivity contribution is 0.305. The number of rotatable bonds is 6. The van der Waals surface area contributed by atoms with Crippen LogP contribution >= 0.6 is 0 Å². The SMILES string of the molecule is N#Cc1ccc(-c2ccc([C@H]3CC[C@H](CCCC=CF)CC3)cc2)cc1. The van der Waals surface area contributed by atoms with Gasteiger partial charge in [-0.1, -0.05) is 48.9 Å². The quantitative estimate of drug-likeness (QED) is 0.509. The zero-order valence-corrected chi connectivity index (χ0v) is 15.2. The van der Waals surface area contributed by atoms with E-state index in [1.54, 1.807) is 6.08 Å². The standard InChI is InChI=1S/C24H26FN/c25-17-3-1-2-4-19-5-9-21(10-6-19)23-13-15-24(16-14-23)22-11-7-20(18-26)8-12-22/h3,7-8,11-17,19,21H,1-2,4-6,9-10H2/t19-,21-. The van der Waals surface area contributed by atoms with Gasteiger partial charge in [0.05, 0.1) is 18.0 Å². The molecule has 26 heavy (non-hydrogen) atoms. The second-order valence-electron chi connectivity index (χ2n) is 7.32. The number of hydrogen-bond donors (Lipinski definition) is 0. The van der Waals surface area contributed by atoms with E-state index >= 15 is 0 Å². The van der Waals surface area contributed by atoms with Crippen molar-refractivity contribution in [1.82, 2.24) is 0 Å². The van der Waals surface area contributed by atoms with Crippen LogP contribution in [0.1, 0.15) is 62.0 Å². The first-order valence-corrected chi connectivity index (χ1v) is 9.66. The number of benzene rings is 2. The minimum Gasteiger partial charge on any atom is -0.216 e. The van der Waals surface area contributed by atoms with Crippen molar-refractivity contribution in [3.8, 4) is 17.2 Å². The number of nitriles is 1. The molecular formula is C24H26FN. The summed E-state index contributed by atoms with van der Waals surface area (Å²) in [6.07, 6.45) is 10.6. The van der Waals surface area contributed by atoms with Crippen LogP contribution in [0.25, 0.3) is 11.1 Å². The van der Waals surface area contributed by atoms with E-state index in [9.17, 15) is 4.39 Å². The summed E-state index contributed by atoms with van der Waals surface area (Å²) in [5.74, 6) is 1.49. The van der Waals surface area contributed by atoms with E-state index in [1.165, 1.54) is 43.2 Å². The highest BCUT2D eigenvalue weighted by Crippen LogP contribution is 2.38. The van der Waals surface area contributed by atoms with Gasteiger partial charge in [-0.25, -0.2) is 4.39 Å². The topological polar surface area (TPSA) is 23.8 Å². The van der Waals surface area contributed by atoms with Gasteiger partial charge in [-0.2, -0.15) is 5.26 Å². The van der Waals surface area contributed by atoms with Crippen LogP contribution in [-0.4, -0.2) is 0 Å². The fourth-order valence-corrected chi connectivity index (χ4v) is 4.06. The third-order valence-corrected chi connectivity index (χ3v) is 5.65. The minimum atomic E-state index is 0.665. The molecule has 0 radical (unpaired) electrons. The summed E-state index contributed by atoms with van der Waals surface area (Å²) in [6, 6.07) is 18.9. The van der Waals surface area contributed by atoms with E-state index in [2.05, 4.69) is 30.3 Å². The van der Waals surface area contributed by atoms with Crippen LogP contribution in [0.15, 0.2) is 60.9 Å². The van der Waals surface area contributed by atoms with Crippen molar-refractivity contribution in [3.05, 3.63) is 72.1 Å². The maximum Gasteiger partial charge on any atom is 0.0991 e. The Morgan fingerprint density at radius 2 is 1.54 bits per heavy atom. The molecule has 0 spiro atoms. The Hall–Kier alpha value is -2.40. The highest BCUT2D eigenvalue weighted by atomic mass is 19.1. The molecule has 0 bridgehead atoms. The first kappa shape index (κ1) is 18.4. The van der Waals surface area contributed by atoms with E-state index in [1.807, 2.05) is 24.3 Å². The van der Waals surface area contributed by atoms with Crippen molar-refractivity contribution in [1.29, 1.82) is 5.26 Å². The minimum absolute atomic E-state index is 0.665. The lowest BCUT2D eigenvalue weighted by Gasteiger charge is -2.29. The Balaban J connectivity index is 1.53. The molecule has 0 saturated heterocycles. The van der Waals surface area contributed by atoms with Gasteiger partial charge in [-0.15, -0.1) is 0 Å². The van der Waals surface area contributed by atoms with Crippen molar-refractivity contribution < 1.29 is 4.39 Å². The zero-order valence-electron chi connectivity index (χ0n) is 15.2. The summed E-state index contributed by atoms with van der Waals surface area (Å²) in [5.41, 5.74) is 4.50. The Morgan fingerprint density at radius 3 is 2.12 bits per heavy atom. The Kier molecular flexibility index (Phi) is 6.61. The summed E-state index contributed by atoms with van der Waals surface area (Å²) < 4.78 is 12.0. The maximum absolute atomic E-state index is 12.0. The molecule has 0 aliphatic heterocycles. The highest BCUT2D eigenvalue weighted by molar-refractivity contribution is 5.64. The lowest BCUT2D eigenvalue weighted by atomic mass is 9.77. The van der Waals surface area contributed by atoms with Gasteiger partial charge in [0, 0.05) is 0 Å². The van der Waals surface area contributed by atoms with Gasteiger partial charge in [0.2, 0.25) is 0 Å². The number of halogens is 1. The fraction of sp³-hybridized carbons (Fsp3) is 0.375. The van der Waals surface area contributed by atoms with E-state index in [0.29, 0.717) is 17.8 Å². The van der Waals surface area contributed by atoms with Crippen LogP contribution in [0, 0.1) is 17.2 Å². The molecule has 134 valence electrons.